The quantitative estimate of drug-likeness (QED) is 0.877. The number of benzene rings is 1. The largest absolute Gasteiger partial charge is 0.388 e. The average Bonchev–Trinajstić information content (AvgIpc) is 2.39. The second-order valence-corrected chi connectivity index (χ2v) is 4.29. The van der Waals surface area contributed by atoms with E-state index in [2.05, 4.69) is 23.8 Å². The molecule has 3 nitrogen and oxygen atoms in total. The first kappa shape index (κ1) is 12.0. The average molecular weight is 230 g/mol. The molecule has 0 amide bonds. The van der Waals surface area contributed by atoms with Crippen LogP contribution in [-0.2, 0) is 0 Å². The maximum absolute atomic E-state index is 10.4. The third-order valence-corrected chi connectivity index (χ3v) is 3.34. The van der Waals surface area contributed by atoms with E-state index in [0.29, 0.717) is 0 Å². The van der Waals surface area contributed by atoms with Gasteiger partial charge in [0.25, 0.3) is 0 Å². The van der Waals surface area contributed by atoms with Gasteiger partial charge in [-0.15, -0.1) is 0 Å². The molecule has 3 heteroatoms. The van der Waals surface area contributed by atoms with Crippen LogP contribution in [0.15, 0.2) is 30.6 Å². The first-order valence-electron chi connectivity index (χ1n) is 6.15. The molecule has 2 aromatic rings. The fourth-order valence-electron chi connectivity index (χ4n) is 2.24. The number of nitrogens with zero attached hydrogens (tertiary/aromatic N) is 2. The number of hydrogen-bond donors (Lipinski definition) is 1. The topological polar surface area (TPSA) is 46.0 Å². The zero-order chi connectivity index (χ0) is 12.3. The van der Waals surface area contributed by atoms with Gasteiger partial charge in [0.2, 0.25) is 0 Å². The fraction of sp³-hybridized carbons (Fsp3) is 0.429. The van der Waals surface area contributed by atoms with Crippen LogP contribution in [0.4, 0.5) is 0 Å². The molecule has 0 saturated carbocycles. The maximum atomic E-state index is 10.4. The molecule has 17 heavy (non-hydrogen) atoms. The van der Waals surface area contributed by atoms with Crippen LogP contribution in [0.5, 0.6) is 0 Å². The Morgan fingerprint density at radius 1 is 1.12 bits per heavy atom. The smallest absolute Gasteiger partial charge is 0.0944 e. The lowest BCUT2D eigenvalue weighted by atomic mass is 9.90. The van der Waals surface area contributed by atoms with Crippen molar-refractivity contribution in [2.45, 2.75) is 32.8 Å². The van der Waals surface area contributed by atoms with E-state index >= 15 is 0 Å². The highest BCUT2D eigenvalue weighted by Gasteiger charge is 2.20. The lowest BCUT2D eigenvalue weighted by molar-refractivity contribution is 0.104. The van der Waals surface area contributed by atoms with Crippen molar-refractivity contribution in [3.05, 3.63) is 36.2 Å². The summed E-state index contributed by atoms with van der Waals surface area (Å²) in [4.78, 5) is 8.59. The summed E-state index contributed by atoms with van der Waals surface area (Å²) in [5.41, 5.74) is 2.55. The van der Waals surface area contributed by atoms with Gasteiger partial charge in [-0.3, -0.25) is 9.97 Å². The van der Waals surface area contributed by atoms with Crippen molar-refractivity contribution >= 4 is 11.0 Å². The molecule has 1 aromatic heterocycles. The summed E-state index contributed by atoms with van der Waals surface area (Å²) in [6.07, 6.45) is 4.83. The van der Waals surface area contributed by atoms with Gasteiger partial charge >= 0.3 is 0 Å². The van der Waals surface area contributed by atoms with Gasteiger partial charge in [0.05, 0.1) is 17.1 Å². The Labute approximate surface area is 102 Å². The van der Waals surface area contributed by atoms with Crippen LogP contribution in [0.3, 0.4) is 0 Å². The van der Waals surface area contributed by atoms with Crippen molar-refractivity contribution in [1.29, 1.82) is 0 Å². The number of aromatic nitrogens is 2. The van der Waals surface area contributed by atoms with Crippen LogP contribution >= 0.6 is 0 Å². The molecule has 1 heterocycles. The number of hydrogen-bond acceptors (Lipinski definition) is 3. The van der Waals surface area contributed by atoms with Gasteiger partial charge < -0.3 is 5.11 Å². The van der Waals surface area contributed by atoms with Crippen molar-refractivity contribution < 1.29 is 5.11 Å². The second kappa shape index (κ2) is 5.23. The molecule has 0 aliphatic heterocycles. The fourth-order valence-corrected chi connectivity index (χ4v) is 2.24. The highest BCUT2D eigenvalue weighted by Crippen LogP contribution is 2.30. The Bertz CT molecular complexity index is 489. The van der Waals surface area contributed by atoms with E-state index < -0.39 is 6.10 Å². The molecule has 0 spiro atoms. The normalized spacial score (nSPS) is 13.2. The molecule has 0 aliphatic carbocycles. The Hall–Kier alpha value is -1.48. The Morgan fingerprint density at radius 2 is 1.82 bits per heavy atom. The summed E-state index contributed by atoms with van der Waals surface area (Å²) >= 11 is 0. The van der Waals surface area contributed by atoms with E-state index in [1.807, 2.05) is 18.2 Å². The summed E-state index contributed by atoms with van der Waals surface area (Å²) < 4.78 is 0. The molecular formula is C14H18N2O. The molecule has 1 aromatic carbocycles. The molecule has 0 fully saturated rings. The Morgan fingerprint density at radius 3 is 2.53 bits per heavy atom. The zero-order valence-corrected chi connectivity index (χ0v) is 10.3. The first-order valence-corrected chi connectivity index (χ1v) is 6.15. The highest BCUT2D eigenvalue weighted by atomic mass is 16.3. The van der Waals surface area contributed by atoms with Gasteiger partial charge in [0.15, 0.2) is 0 Å². The Kier molecular flexibility index (Phi) is 3.69. The van der Waals surface area contributed by atoms with Gasteiger partial charge in [-0.05, 0) is 12.0 Å². The third-order valence-electron chi connectivity index (χ3n) is 3.34. The minimum Gasteiger partial charge on any atom is -0.388 e. The van der Waals surface area contributed by atoms with Gasteiger partial charge in [0.1, 0.15) is 0 Å². The predicted octanol–water partition coefficient (Wildman–Crippen LogP) is 3.10. The lowest BCUT2D eigenvalue weighted by Gasteiger charge is -2.21. The van der Waals surface area contributed by atoms with Crippen LogP contribution < -0.4 is 0 Å². The van der Waals surface area contributed by atoms with Crippen molar-refractivity contribution in [3.8, 4) is 0 Å². The second-order valence-electron chi connectivity index (χ2n) is 4.29. The van der Waals surface area contributed by atoms with E-state index in [0.717, 1.165) is 29.4 Å². The molecule has 0 bridgehead atoms. The van der Waals surface area contributed by atoms with Crippen molar-refractivity contribution in [1.82, 2.24) is 9.97 Å². The number of para-hydroxylation sites is 1. The van der Waals surface area contributed by atoms with E-state index in [1.165, 1.54) is 0 Å². The minimum absolute atomic E-state index is 0.280. The predicted molar refractivity (Wildman–Crippen MR) is 68.6 cm³/mol. The van der Waals surface area contributed by atoms with E-state index in [-0.39, 0.29) is 5.92 Å². The van der Waals surface area contributed by atoms with Crippen LogP contribution in [0.25, 0.3) is 11.0 Å². The molecule has 2 rings (SSSR count). The molecule has 1 atom stereocenters. The SMILES string of the molecule is CCC(CC)C(O)c1cccc2nccnc12. The molecule has 1 N–H and O–H groups in total. The van der Waals surface area contributed by atoms with Crippen molar-refractivity contribution in [2.24, 2.45) is 5.92 Å². The standard InChI is InChI=1S/C14H18N2O/c1-3-10(4-2)14(17)11-6-5-7-12-13(11)16-9-8-15-12/h5-10,14,17H,3-4H2,1-2H3. The summed E-state index contributed by atoms with van der Waals surface area (Å²) in [7, 11) is 0. The number of rotatable bonds is 4. The van der Waals surface area contributed by atoms with Crippen LogP contribution in [-0.4, -0.2) is 15.1 Å². The molecule has 0 saturated heterocycles. The number of aliphatic hydroxyl groups is 1. The molecule has 0 radical (unpaired) electrons. The first-order chi connectivity index (χ1) is 8.27. The van der Waals surface area contributed by atoms with Crippen molar-refractivity contribution in [3.63, 3.8) is 0 Å². The molecule has 0 aliphatic rings. The highest BCUT2D eigenvalue weighted by molar-refractivity contribution is 5.77. The van der Waals surface area contributed by atoms with E-state index in [4.69, 9.17) is 0 Å². The summed E-state index contributed by atoms with van der Waals surface area (Å²) in [5.74, 6) is 0.280. The van der Waals surface area contributed by atoms with E-state index in [1.54, 1.807) is 12.4 Å². The van der Waals surface area contributed by atoms with Gasteiger partial charge in [-0.2, -0.15) is 0 Å². The lowest BCUT2D eigenvalue weighted by Crippen LogP contribution is -2.11. The summed E-state index contributed by atoms with van der Waals surface area (Å²) in [5, 5.41) is 10.4. The minimum atomic E-state index is -0.453. The van der Waals surface area contributed by atoms with E-state index in [9.17, 15) is 5.11 Å². The maximum Gasteiger partial charge on any atom is 0.0944 e. The summed E-state index contributed by atoms with van der Waals surface area (Å²) in [6, 6.07) is 5.80. The van der Waals surface area contributed by atoms with Gasteiger partial charge in [-0.25, -0.2) is 0 Å². The zero-order valence-electron chi connectivity index (χ0n) is 10.3. The monoisotopic (exact) mass is 230 g/mol. The summed E-state index contributed by atoms with van der Waals surface area (Å²) in [6.45, 7) is 4.21. The number of aliphatic hydroxyl groups excluding tert-OH is 1. The van der Waals surface area contributed by atoms with Gasteiger partial charge in [0, 0.05) is 18.0 Å². The third kappa shape index (κ3) is 2.29. The molecular weight excluding hydrogens is 212 g/mol. The Balaban J connectivity index is 2.47. The number of fused-ring (bicyclic) bond motifs is 1. The van der Waals surface area contributed by atoms with Crippen LogP contribution in [0.2, 0.25) is 0 Å². The van der Waals surface area contributed by atoms with Crippen LogP contribution in [0.1, 0.15) is 38.4 Å². The molecule has 90 valence electrons. The van der Waals surface area contributed by atoms with Crippen molar-refractivity contribution in [2.75, 3.05) is 0 Å². The van der Waals surface area contributed by atoms with Crippen LogP contribution in [0, 0.1) is 5.92 Å². The molecule has 1 unspecified atom stereocenters. The van der Waals surface area contributed by atoms with Gasteiger partial charge in [-0.1, -0.05) is 38.8 Å².